The zero-order valence-corrected chi connectivity index (χ0v) is 23.5. The van der Waals surface area contributed by atoms with Crippen LogP contribution in [0, 0.1) is 0 Å². The Bertz CT molecular complexity index is 1380. The molecule has 1 aliphatic carbocycles. The normalized spacial score (nSPS) is 18.3. The number of amides is 1. The van der Waals surface area contributed by atoms with Gasteiger partial charge in [-0.05, 0) is 63.0 Å². The molecule has 0 spiro atoms. The number of rotatable bonds is 11. The number of aromatic nitrogens is 5. The van der Waals surface area contributed by atoms with Crippen LogP contribution in [-0.4, -0.2) is 76.3 Å². The van der Waals surface area contributed by atoms with Crippen molar-refractivity contribution in [3.63, 3.8) is 0 Å². The van der Waals surface area contributed by atoms with Gasteiger partial charge in [0.25, 0.3) is 0 Å². The first-order chi connectivity index (χ1) is 19.6. The van der Waals surface area contributed by atoms with Gasteiger partial charge in [0.1, 0.15) is 11.5 Å². The average molecular weight is 567 g/mol. The first kappa shape index (κ1) is 29.6. The van der Waals surface area contributed by atoms with E-state index in [1.54, 1.807) is 10.9 Å². The Balaban J connectivity index is 0.000000334. The Hall–Kier alpha value is -4.42. The van der Waals surface area contributed by atoms with Crippen molar-refractivity contribution in [1.29, 1.82) is 0 Å². The monoisotopic (exact) mass is 566 g/mol. The van der Waals surface area contributed by atoms with E-state index in [1.807, 2.05) is 18.1 Å². The van der Waals surface area contributed by atoms with Crippen molar-refractivity contribution in [3.8, 4) is 0 Å². The van der Waals surface area contributed by atoms with Crippen molar-refractivity contribution in [2.24, 2.45) is 7.05 Å². The molecule has 3 aromatic rings. The molecule has 2 fully saturated rings. The van der Waals surface area contributed by atoms with E-state index in [9.17, 15) is 14.4 Å². The molecule has 41 heavy (non-hydrogen) atoms. The van der Waals surface area contributed by atoms with Gasteiger partial charge in [-0.2, -0.15) is 15.1 Å². The fourth-order valence-corrected chi connectivity index (χ4v) is 4.94. The fourth-order valence-electron chi connectivity index (χ4n) is 4.94. The third-order valence-corrected chi connectivity index (χ3v) is 7.25. The van der Waals surface area contributed by atoms with Crippen LogP contribution in [-0.2, 0) is 21.4 Å². The number of aliphatic carboxylic acids is 2. The zero-order valence-electron chi connectivity index (χ0n) is 23.5. The topological polar surface area (TPSA) is 178 Å². The first-order valence-electron chi connectivity index (χ1n) is 13.9. The van der Waals surface area contributed by atoms with Gasteiger partial charge < -0.3 is 30.7 Å². The van der Waals surface area contributed by atoms with Crippen LogP contribution in [0.1, 0.15) is 69.8 Å². The van der Waals surface area contributed by atoms with Crippen molar-refractivity contribution in [1.82, 2.24) is 29.6 Å². The van der Waals surface area contributed by atoms with Crippen LogP contribution < -0.4 is 10.6 Å². The highest BCUT2D eigenvalue weighted by molar-refractivity contribution is 5.93. The Morgan fingerprint density at radius 3 is 2.41 bits per heavy atom. The second-order valence-electron chi connectivity index (χ2n) is 10.6. The molecule has 1 saturated heterocycles. The lowest BCUT2D eigenvalue weighted by Gasteiger charge is -2.38. The zero-order chi connectivity index (χ0) is 29.5. The molecule has 2 aliphatic rings. The van der Waals surface area contributed by atoms with Crippen LogP contribution in [0.3, 0.4) is 0 Å². The molecule has 0 unspecified atom stereocenters. The lowest BCUT2D eigenvalue weighted by atomic mass is 9.99. The van der Waals surface area contributed by atoms with Crippen LogP contribution in [0.5, 0.6) is 0 Å². The number of carbonyl (C=O) groups is 3. The van der Waals surface area contributed by atoms with Crippen molar-refractivity contribution < 1.29 is 24.6 Å². The number of hydrogen-bond acceptors (Lipinski definition) is 8. The summed E-state index contributed by atoms with van der Waals surface area (Å²) in [6.45, 7) is 6.38. The molecule has 5 N–H and O–H groups in total. The van der Waals surface area contributed by atoms with Gasteiger partial charge in [-0.25, -0.2) is 0 Å². The molecule has 2 atom stereocenters. The maximum absolute atomic E-state index is 12.3. The number of nitrogens with one attached hydrogen (secondary N) is 3. The lowest BCUT2D eigenvalue weighted by molar-refractivity contribution is -0.139. The number of anilines is 3. The molecule has 3 aromatic heterocycles. The number of H-pyrrole nitrogens is 1. The number of aromatic amines is 1. The number of nitrogens with zero attached hydrogens (tertiary/aromatic N) is 5. The minimum absolute atomic E-state index is 0.0221. The van der Waals surface area contributed by atoms with Gasteiger partial charge in [0.2, 0.25) is 11.9 Å². The molecule has 4 heterocycles. The summed E-state index contributed by atoms with van der Waals surface area (Å²) in [6, 6.07) is 0.331. The third-order valence-electron chi connectivity index (χ3n) is 7.25. The number of likely N-dealkylation sites (tertiary alicyclic amines) is 1. The number of carboxylic acids is 2. The largest absolute Gasteiger partial charge is 0.481 e. The van der Waals surface area contributed by atoms with E-state index in [1.165, 1.54) is 24.5 Å². The van der Waals surface area contributed by atoms with E-state index in [0.29, 0.717) is 31.3 Å². The summed E-state index contributed by atoms with van der Waals surface area (Å²) in [5.41, 5.74) is 2.92. The number of carboxylic acid groups (broad SMARTS) is 2. The molecule has 13 nitrogen and oxygen atoms in total. The maximum Gasteiger partial charge on any atom is 0.303 e. The molecule has 5 rings (SSSR count). The second-order valence-corrected chi connectivity index (χ2v) is 10.6. The summed E-state index contributed by atoms with van der Waals surface area (Å²) < 4.78 is 1.73. The van der Waals surface area contributed by atoms with Crippen molar-refractivity contribution >= 4 is 46.3 Å². The van der Waals surface area contributed by atoms with Crippen molar-refractivity contribution in [2.45, 2.75) is 76.3 Å². The van der Waals surface area contributed by atoms with Crippen LogP contribution in [0.2, 0.25) is 0 Å². The second kappa shape index (κ2) is 13.3. The van der Waals surface area contributed by atoms with Crippen LogP contribution in [0.15, 0.2) is 31.2 Å². The Morgan fingerprint density at radius 2 is 1.83 bits per heavy atom. The van der Waals surface area contributed by atoms with Gasteiger partial charge >= 0.3 is 11.9 Å². The van der Waals surface area contributed by atoms with E-state index in [4.69, 9.17) is 20.2 Å². The molecule has 0 bridgehead atoms. The molecule has 1 aliphatic heterocycles. The summed E-state index contributed by atoms with van der Waals surface area (Å²) in [5.74, 6) is 0.127. The standard InChI is InChI=1S/C22H28N8O.C6H10O4/c1-4-18(31)30-12-15(8-5-13(30)2)25-21-19-17(14-6-7-14)10-23-20(19)27-22(28-21)26-16-9-24-29(3)11-16;7-5(8)3-1-2-4-6(9)10/h4,9-11,13-15H,1,5-8,12H2,2-3H3,(H3,23,25,26,27,28);1-4H2,(H,7,8)(H,9,10)/t13-,15+;/m0./s1. The number of aryl methyl sites for hydroxylation is 1. The number of fused-ring (bicyclic) bond motifs is 1. The molecule has 0 radical (unpaired) electrons. The van der Waals surface area contributed by atoms with E-state index >= 15 is 0 Å². The molecule has 1 amide bonds. The van der Waals surface area contributed by atoms with Gasteiger partial charge in [-0.15, -0.1) is 0 Å². The van der Waals surface area contributed by atoms with Crippen molar-refractivity contribution in [2.75, 3.05) is 17.2 Å². The summed E-state index contributed by atoms with van der Waals surface area (Å²) in [5, 5.41) is 28.4. The predicted molar refractivity (Wildman–Crippen MR) is 154 cm³/mol. The highest BCUT2D eigenvalue weighted by Gasteiger charge is 2.31. The Kier molecular flexibility index (Phi) is 9.58. The minimum atomic E-state index is -0.870. The van der Waals surface area contributed by atoms with Crippen LogP contribution >= 0.6 is 0 Å². The number of hydrogen-bond donors (Lipinski definition) is 5. The number of carbonyl (C=O) groups excluding carboxylic acids is 1. The van der Waals surface area contributed by atoms with E-state index in [2.05, 4.69) is 40.4 Å². The average Bonchev–Trinajstić information content (AvgIpc) is 3.56. The van der Waals surface area contributed by atoms with E-state index < -0.39 is 11.9 Å². The van der Waals surface area contributed by atoms with E-state index in [-0.39, 0.29) is 30.8 Å². The molecule has 13 heteroatoms. The smallest absolute Gasteiger partial charge is 0.303 e. The number of unbranched alkanes of at least 4 members (excludes halogenated alkanes) is 1. The lowest BCUT2D eigenvalue weighted by Crippen LogP contribution is -2.49. The Labute approximate surface area is 238 Å². The molecule has 220 valence electrons. The van der Waals surface area contributed by atoms with Gasteiger partial charge in [-0.3, -0.25) is 19.1 Å². The quantitative estimate of drug-likeness (QED) is 0.168. The summed E-state index contributed by atoms with van der Waals surface area (Å²) in [6.07, 6.45) is 12.4. The van der Waals surface area contributed by atoms with Gasteiger partial charge in [0.05, 0.1) is 17.3 Å². The third kappa shape index (κ3) is 8.05. The van der Waals surface area contributed by atoms with Crippen molar-refractivity contribution in [3.05, 3.63) is 36.8 Å². The summed E-state index contributed by atoms with van der Waals surface area (Å²) >= 11 is 0. The SMILES string of the molecule is C=CC(=O)N1C[C@H](Nc2nc(Nc3cnn(C)c3)nc3[nH]cc(C4CC4)c23)CC[C@@H]1C.O=C(O)CCCCC(=O)O. The number of piperidine rings is 1. The van der Waals surface area contributed by atoms with Crippen LogP contribution in [0.25, 0.3) is 11.0 Å². The molecular formula is C28H38N8O5. The minimum Gasteiger partial charge on any atom is -0.481 e. The Morgan fingerprint density at radius 1 is 1.12 bits per heavy atom. The highest BCUT2D eigenvalue weighted by atomic mass is 16.4. The van der Waals surface area contributed by atoms with Gasteiger partial charge in [0.15, 0.2) is 0 Å². The molecule has 1 saturated carbocycles. The summed E-state index contributed by atoms with van der Waals surface area (Å²) in [7, 11) is 1.87. The highest BCUT2D eigenvalue weighted by Crippen LogP contribution is 2.45. The summed E-state index contributed by atoms with van der Waals surface area (Å²) in [4.78, 5) is 46.8. The fraction of sp³-hybridized carbons (Fsp3) is 0.500. The van der Waals surface area contributed by atoms with Crippen LogP contribution in [0.4, 0.5) is 17.5 Å². The molecular weight excluding hydrogens is 528 g/mol. The van der Waals surface area contributed by atoms with Gasteiger partial charge in [0, 0.05) is 50.9 Å². The predicted octanol–water partition coefficient (Wildman–Crippen LogP) is 4.01. The van der Waals surface area contributed by atoms with Gasteiger partial charge in [-0.1, -0.05) is 6.58 Å². The van der Waals surface area contributed by atoms with E-state index in [0.717, 1.165) is 35.4 Å². The maximum atomic E-state index is 12.3. The molecule has 0 aromatic carbocycles. The first-order valence-corrected chi connectivity index (χ1v) is 13.9.